The lowest BCUT2D eigenvalue weighted by atomic mass is 9.94. The van der Waals surface area contributed by atoms with Crippen molar-refractivity contribution in [2.45, 2.75) is 34.1 Å². The number of carbonyl (C=O) groups is 1. The molecular formula is C15H24N2O. The zero-order valence-electron chi connectivity index (χ0n) is 11.9. The Labute approximate surface area is 110 Å². The van der Waals surface area contributed by atoms with Gasteiger partial charge >= 0.3 is 0 Å². The number of anilines is 1. The fraction of sp³-hybridized carbons (Fsp3) is 0.533. The van der Waals surface area contributed by atoms with Crippen molar-refractivity contribution in [3.05, 3.63) is 29.8 Å². The highest BCUT2D eigenvalue weighted by atomic mass is 16.2. The van der Waals surface area contributed by atoms with Gasteiger partial charge in [0.25, 0.3) is 0 Å². The molecule has 0 saturated carbocycles. The minimum absolute atomic E-state index is 0.144. The molecule has 2 N–H and O–H groups in total. The Kier molecular flexibility index (Phi) is 4.91. The predicted molar refractivity (Wildman–Crippen MR) is 76.7 cm³/mol. The zero-order valence-corrected chi connectivity index (χ0v) is 11.9. The van der Waals surface area contributed by atoms with Crippen LogP contribution in [0.4, 0.5) is 5.69 Å². The fourth-order valence-corrected chi connectivity index (χ4v) is 1.85. The van der Waals surface area contributed by atoms with E-state index in [1.165, 1.54) is 0 Å². The molecule has 18 heavy (non-hydrogen) atoms. The van der Waals surface area contributed by atoms with Crippen molar-refractivity contribution in [3.63, 3.8) is 0 Å². The first kappa shape index (κ1) is 14.7. The minimum atomic E-state index is -0.378. The Hall–Kier alpha value is -1.35. The molecular weight excluding hydrogens is 224 g/mol. The number of carbonyl (C=O) groups excluding carboxylic acids is 1. The van der Waals surface area contributed by atoms with E-state index in [-0.39, 0.29) is 11.3 Å². The van der Waals surface area contributed by atoms with Crippen LogP contribution in [0, 0.1) is 12.3 Å². The summed E-state index contributed by atoms with van der Waals surface area (Å²) in [5.41, 5.74) is 7.30. The third-order valence-corrected chi connectivity index (χ3v) is 2.88. The molecule has 0 fully saturated rings. The van der Waals surface area contributed by atoms with E-state index >= 15 is 0 Å². The molecule has 3 heteroatoms. The Morgan fingerprint density at radius 1 is 1.28 bits per heavy atom. The molecule has 0 aliphatic carbocycles. The molecule has 0 aromatic heterocycles. The van der Waals surface area contributed by atoms with E-state index in [0.29, 0.717) is 13.1 Å². The van der Waals surface area contributed by atoms with Crippen LogP contribution in [0.25, 0.3) is 0 Å². The van der Waals surface area contributed by atoms with Crippen LogP contribution in [0.1, 0.15) is 32.8 Å². The Bertz CT molecular complexity index is 407. The molecule has 1 aromatic rings. The van der Waals surface area contributed by atoms with Gasteiger partial charge in [0, 0.05) is 17.6 Å². The Morgan fingerprint density at radius 3 is 2.39 bits per heavy atom. The van der Waals surface area contributed by atoms with Crippen LogP contribution >= 0.6 is 0 Å². The summed E-state index contributed by atoms with van der Waals surface area (Å²) in [6.07, 6.45) is 0.816. The lowest BCUT2D eigenvalue weighted by Crippen LogP contribution is -2.41. The number of hydrogen-bond acceptors (Lipinski definition) is 2. The lowest BCUT2D eigenvalue weighted by Gasteiger charge is -2.30. The third-order valence-electron chi connectivity index (χ3n) is 2.88. The number of nitrogens with two attached hydrogens (primary N) is 1. The summed E-state index contributed by atoms with van der Waals surface area (Å²) in [7, 11) is 0. The van der Waals surface area contributed by atoms with Crippen LogP contribution in [0.5, 0.6) is 0 Å². The second-order valence-electron chi connectivity index (χ2n) is 5.64. The van der Waals surface area contributed by atoms with Crippen LogP contribution in [-0.4, -0.2) is 19.0 Å². The average molecular weight is 248 g/mol. The first-order valence-electron chi connectivity index (χ1n) is 6.45. The van der Waals surface area contributed by atoms with Gasteiger partial charge in [-0.3, -0.25) is 4.79 Å². The Balaban J connectivity index is 3.06. The maximum Gasteiger partial charge on any atom is 0.232 e. The van der Waals surface area contributed by atoms with Crippen LogP contribution in [0.15, 0.2) is 24.3 Å². The van der Waals surface area contributed by atoms with E-state index < -0.39 is 0 Å². The van der Waals surface area contributed by atoms with Crippen molar-refractivity contribution in [2.24, 2.45) is 11.1 Å². The number of benzene rings is 1. The molecule has 0 bridgehead atoms. The fourth-order valence-electron chi connectivity index (χ4n) is 1.85. The van der Waals surface area contributed by atoms with E-state index in [4.69, 9.17) is 5.73 Å². The average Bonchev–Trinajstić information content (AvgIpc) is 2.30. The number of para-hydroxylation sites is 1. The summed E-state index contributed by atoms with van der Waals surface area (Å²) in [4.78, 5) is 14.4. The smallest absolute Gasteiger partial charge is 0.232 e. The highest BCUT2D eigenvalue weighted by molar-refractivity contribution is 5.97. The first-order chi connectivity index (χ1) is 8.38. The summed E-state index contributed by atoms with van der Waals surface area (Å²) < 4.78 is 0. The summed E-state index contributed by atoms with van der Waals surface area (Å²) in [6.45, 7) is 9.15. The predicted octanol–water partition coefficient (Wildman–Crippen LogP) is 2.72. The minimum Gasteiger partial charge on any atom is -0.330 e. The monoisotopic (exact) mass is 248 g/mol. The van der Waals surface area contributed by atoms with Gasteiger partial charge in [-0.1, -0.05) is 39.0 Å². The van der Waals surface area contributed by atoms with E-state index in [2.05, 4.69) is 0 Å². The van der Waals surface area contributed by atoms with Gasteiger partial charge in [-0.05, 0) is 31.5 Å². The highest BCUT2D eigenvalue weighted by Gasteiger charge is 2.28. The number of aryl methyl sites for hydroxylation is 1. The van der Waals surface area contributed by atoms with Gasteiger partial charge in [0.2, 0.25) is 5.91 Å². The highest BCUT2D eigenvalue weighted by Crippen LogP contribution is 2.26. The van der Waals surface area contributed by atoms with Crippen LogP contribution in [0.2, 0.25) is 0 Å². The van der Waals surface area contributed by atoms with Crippen molar-refractivity contribution < 1.29 is 4.79 Å². The summed E-state index contributed by atoms with van der Waals surface area (Å²) >= 11 is 0. The second kappa shape index (κ2) is 6.01. The van der Waals surface area contributed by atoms with Gasteiger partial charge in [-0.2, -0.15) is 0 Å². The summed E-state index contributed by atoms with van der Waals surface area (Å²) in [5, 5.41) is 0. The molecule has 0 saturated heterocycles. The van der Waals surface area contributed by atoms with Crippen LogP contribution < -0.4 is 10.6 Å². The van der Waals surface area contributed by atoms with Crippen molar-refractivity contribution in [3.8, 4) is 0 Å². The molecule has 0 unspecified atom stereocenters. The largest absolute Gasteiger partial charge is 0.330 e. The quantitative estimate of drug-likeness (QED) is 0.890. The van der Waals surface area contributed by atoms with E-state index in [9.17, 15) is 4.79 Å². The molecule has 0 aliphatic heterocycles. The number of amides is 1. The molecule has 1 aromatic carbocycles. The van der Waals surface area contributed by atoms with Gasteiger partial charge < -0.3 is 10.6 Å². The van der Waals surface area contributed by atoms with E-state index in [1.807, 2.05) is 56.9 Å². The zero-order chi connectivity index (χ0) is 13.8. The molecule has 0 radical (unpaired) electrons. The van der Waals surface area contributed by atoms with Crippen LogP contribution in [-0.2, 0) is 4.79 Å². The molecule has 0 aliphatic rings. The van der Waals surface area contributed by atoms with Crippen molar-refractivity contribution >= 4 is 11.6 Å². The van der Waals surface area contributed by atoms with E-state index in [1.54, 1.807) is 0 Å². The summed E-state index contributed by atoms with van der Waals surface area (Å²) in [6, 6.07) is 7.98. The van der Waals surface area contributed by atoms with E-state index in [0.717, 1.165) is 17.7 Å². The van der Waals surface area contributed by atoms with Gasteiger partial charge in [-0.25, -0.2) is 0 Å². The van der Waals surface area contributed by atoms with Gasteiger partial charge in [0.05, 0.1) is 0 Å². The lowest BCUT2D eigenvalue weighted by molar-refractivity contribution is -0.125. The van der Waals surface area contributed by atoms with Gasteiger partial charge in [0.15, 0.2) is 0 Å². The second-order valence-corrected chi connectivity index (χ2v) is 5.64. The normalized spacial score (nSPS) is 11.4. The molecule has 100 valence electrons. The van der Waals surface area contributed by atoms with Gasteiger partial charge in [-0.15, -0.1) is 0 Å². The van der Waals surface area contributed by atoms with Crippen molar-refractivity contribution in [1.29, 1.82) is 0 Å². The summed E-state index contributed by atoms with van der Waals surface area (Å²) in [5.74, 6) is 0.144. The number of hydrogen-bond donors (Lipinski definition) is 1. The molecule has 0 heterocycles. The molecule has 3 nitrogen and oxygen atoms in total. The Morgan fingerprint density at radius 2 is 1.89 bits per heavy atom. The molecule has 1 amide bonds. The number of nitrogens with zero attached hydrogens (tertiary/aromatic N) is 1. The van der Waals surface area contributed by atoms with Gasteiger partial charge in [0.1, 0.15) is 0 Å². The van der Waals surface area contributed by atoms with Crippen LogP contribution in [0.3, 0.4) is 0 Å². The standard InChI is InChI=1S/C15H24N2O/c1-12-8-5-6-9-13(12)17(11-7-10-16)14(18)15(2,3)4/h5-6,8-9H,7,10-11,16H2,1-4H3. The maximum atomic E-state index is 12.5. The number of rotatable bonds is 4. The SMILES string of the molecule is Cc1ccccc1N(CCCN)C(=O)C(C)(C)C. The maximum absolute atomic E-state index is 12.5. The topological polar surface area (TPSA) is 46.3 Å². The molecule has 0 atom stereocenters. The third kappa shape index (κ3) is 3.57. The first-order valence-corrected chi connectivity index (χ1v) is 6.45. The van der Waals surface area contributed by atoms with Crippen molar-refractivity contribution in [2.75, 3.05) is 18.0 Å². The molecule has 1 rings (SSSR count). The molecule has 0 spiro atoms. The van der Waals surface area contributed by atoms with Crippen molar-refractivity contribution in [1.82, 2.24) is 0 Å².